The van der Waals surface area contributed by atoms with Crippen molar-refractivity contribution in [1.29, 1.82) is 0 Å². The van der Waals surface area contributed by atoms with Crippen molar-refractivity contribution < 1.29 is 23.8 Å². The molecule has 1 aliphatic rings. The van der Waals surface area contributed by atoms with Crippen molar-refractivity contribution in [2.45, 2.75) is 52.7 Å². The summed E-state index contributed by atoms with van der Waals surface area (Å²) in [7, 11) is 1.60. The molecule has 1 saturated heterocycles. The number of benzene rings is 1. The van der Waals surface area contributed by atoms with Crippen molar-refractivity contribution in [3.8, 4) is 5.75 Å². The van der Waals surface area contributed by atoms with Crippen LogP contribution in [0.3, 0.4) is 0 Å². The molecule has 2 rings (SSSR count). The number of guanidine groups is 1. The maximum atomic E-state index is 13.1. The first-order chi connectivity index (χ1) is 14.8. The fourth-order valence-electron chi connectivity index (χ4n) is 2.91. The van der Waals surface area contributed by atoms with Gasteiger partial charge in [-0.05, 0) is 65.3 Å². The Morgan fingerprint density at radius 3 is 2.16 bits per heavy atom. The Balaban J connectivity index is 2.53. The van der Waals surface area contributed by atoms with Crippen LogP contribution in [0.25, 0.3) is 6.08 Å². The van der Waals surface area contributed by atoms with Crippen LogP contribution in [0.1, 0.15) is 47.1 Å². The van der Waals surface area contributed by atoms with Gasteiger partial charge in [-0.15, -0.1) is 11.6 Å². The summed E-state index contributed by atoms with van der Waals surface area (Å²) < 4.78 is 16.2. The highest BCUT2D eigenvalue weighted by Crippen LogP contribution is 2.26. The molecule has 8 nitrogen and oxygen atoms in total. The lowest BCUT2D eigenvalue weighted by molar-refractivity contribution is 0.0416. The van der Waals surface area contributed by atoms with Gasteiger partial charge in [0.25, 0.3) is 0 Å². The van der Waals surface area contributed by atoms with E-state index >= 15 is 0 Å². The van der Waals surface area contributed by atoms with Crippen molar-refractivity contribution in [3.63, 3.8) is 0 Å². The highest BCUT2D eigenvalue weighted by Gasteiger charge is 2.39. The van der Waals surface area contributed by atoms with Crippen molar-refractivity contribution >= 4 is 24.2 Å². The molecule has 32 heavy (non-hydrogen) atoms. The van der Waals surface area contributed by atoms with Crippen molar-refractivity contribution in [2.24, 2.45) is 4.99 Å². The Bertz CT molecular complexity index is 905. The van der Waals surface area contributed by atoms with Crippen LogP contribution in [-0.4, -0.2) is 59.3 Å². The molecule has 0 saturated carbocycles. The number of ether oxygens (including phenoxy) is 3. The second-order valence-corrected chi connectivity index (χ2v) is 9.29. The molecule has 1 heterocycles. The fraction of sp³-hybridized carbons (Fsp3) is 0.458. The Hall–Kier alpha value is -3.29. The number of hydrogen-bond acceptors (Lipinski definition) is 5. The van der Waals surface area contributed by atoms with Gasteiger partial charge in [0.2, 0.25) is 5.96 Å². The first kappa shape index (κ1) is 25.0. The molecule has 0 spiro atoms. The maximum Gasteiger partial charge on any atom is 0.437 e. The zero-order valence-electron chi connectivity index (χ0n) is 20.0. The molecule has 1 aromatic rings. The van der Waals surface area contributed by atoms with E-state index in [1.165, 1.54) is 4.90 Å². The molecule has 2 amide bonds. The van der Waals surface area contributed by atoms with Gasteiger partial charge in [0, 0.05) is 6.54 Å². The maximum absolute atomic E-state index is 13.1. The Kier molecular flexibility index (Phi) is 7.72. The predicted molar refractivity (Wildman–Crippen MR) is 124 cm³/mol. The third kappa shape index (κ3) is 7.14. The molecular formula is C24H33N3O5. The summed E-state index contributed by atoms with van der Waals surface area (Å²) in [6.07, 6.45) is 2.09. The van der Waals surface area contributed by atoms with Gasteiger partial charge in [-0.25, -0.2) is 14.5 Å². The molecule has 0 unspecified atom stereocenters. The second-order valence-electron chi connectivity index (χ2n) is 9.29. The number of carbonyl (C=O) groups excluding carboxylic acids is 2. The van der Waals surface area contributed by atoms with Gasteiger partial charge in [0.1, 0.15) is 17.0 Å². The summed E-state index contributed by atoms with van der Waals surface area (Å²) in [5, 5.41) is 0. The topological polar surface area (TPSA) is 80.7 Å². The third-order valence-corrected chi connectivity index (χ3v) is 4.08. The number of methoxy groups -OCH3 is 1. The van der Waals surface area contributed by atoms with Gasteiger partial charge in [-0.2, -0.15) is 0 Å². The van der Waals surface area contributed by atoms with E-state index in [1.54, 1.807) is 59.6 Å². The minimum Gasteiger partial charge on any atom is -0.497 e. The quantitative estimate of drug-likeness (QED) is 0.605. The molecule has 1 aliphatic heterocycles. The van der Waals surface area contributed by atoms with Crippen LogP contribution in [0.5, 0.6) is 5.75 Å². The molecule has 0 N–H and O–H groups in total. The summed E-state index contributed by atoms with van der Waals surface area (Å²) >= 11 is 0. The lowest BCUT2D eigenvalue weighted by atomic mass is 10.2. The summed E-state index contributed by atoms with van der Waals surface area (Å²) in [6.45, 7) is 15.1. The van der Waals surface area contributed by atoms with Crippen molar-refractivity contribution in [3.05, 3.63) is 48.2 Å². The van der Waals surface area contributed by atoms with E-state index in [1.807, 2.05) is 30.3 Å². The van der Waals surface area contributed by atoms with Crippen molar-refractivity contribution in [2.75, 3.05) is 20.2 Å². The Morgan fingerprint density at radius 1 is 1.06 bits per heavy atom. The molecule has 0 radical (unpaired) electrons. The SMILES string of the molecule is C=CCN1C/C(=C/c2ccc(OC)cc2)N(C(=O)OC(C)(C)C)/C1=N/C(=O)OC(C)(C)C. The average molecular weight is 444 g/mol. The van der Waals surface area contributed by atoms with E-state index in [-0.39, 0.29) is 5.96 Å². The van der Waals surface area contributed by atoms with Gasteiger partial charge >= 0.3 is 12.2 Å². The Labute approximate surface area is 190 Å². The minimum atomic E-state index is -0.791. The zero-order valence-corrected chi connectivity index (χ0v) is 20.0. The van der Waals surface area contributed by atoms with Crippen LogP contribution in [0, 0.1) is 0 Å². The second kappa shape index (κ2) is 9.89. The molecule has 1 aromatic carbocycles. The number of aliphatic imine (C=N–C) groups is 1. The average Bonchev–Trinajstić information content (AvgIpc) is 2.96. The number of amides is 2. The minimum absolute atomic E-state index is 0.133. The lowest BCUT2D eigenvalue weighted by Gasteiger charge is -2.26. The van der Waals surface area contributed by atoms with E-state index in [0.29, 0.717) is 18.8 Å². The number of rotatable bonds is 4. The van der Waals surface area contributed by atoms with Crippen molar-refractivity contribution in [1.82, 2.24) is 9.80 Å². The lowest BCUT2D eigenvalue weighted by Crippen LogP contribution is -2.41. The molecule has 174 valence electrons. The molecule has 0 aliphatic carbocycles. The van der Waals surface area contributed by atoms with E-state index < -0.39 is 23.4 Å². The van der Waals surface area contributed by atoms with E-state index in [4.69, 9.17) is 14.2 Å². The predicted octanol–water partition coefficient (Wildman–Crippen LogP) is 5.07. The molecule has 1 fully saturated rings. The third-order valence-electron chi connectivity index (χ3n) is 4.08. The largest absolute Gasteiger partial charge is 0.497 e. The summed E-state index contributed by atoms with van der Waals surface area (Å²) in [6, 6.07) is 7.41. The van der Waals surface area contributed by atoms with E-state index in [9.17, 15) is 9.59 Å². The monoisotopic (exact) mass is 443 g/mol. The molecule has 8 heteroatoms. The molecule has 0 bridgehead atoms. The van der Waals surface area contributed by atoms with E-state index in [2.05, 4.69) is 11.6 Å². The Morgan fingerprint density at radius 2 is 1.66 bits per heavy atom. The highest BCUT2D eigenvalue weighted by molar-refractivity contribution is 6.03. The first-order valence-electron chi connectivity index (χ1n) is 10.4. The van der Waals surface area contributed by atoms with Gasteiger partial charge in [-0.1, -0.05) is 18.2 Å². The standard InChI is InChI=1S/C24H33N3O5/c1-9-14-26-16-18(15-17-10-12-19(30-8)13-11-17)27(22(29)32-24(5,6)7)20(26)25-21(28)31-23(2,3)4/h9-13,15H,1,14,16H2,2-8H3/b18-15-,25-20+. The smallest absolute Gasteiger partial charge is 0.437 e. The summed E-state index contributed by atoms with van der Waals surface area (Å²) in [5.41, 5.74) is 0.00667. The van der Waals surface area contributed by atoms with Crippen LogP contribution in [0.4, 0.5) is 9.59 Å². The normalized spacial score (nSPS) is 17.0. The number of hydrogen-bond donors (Lipinski definition) is 0. The zero-order chi connectivity index (χ0) is 24.1. The van der Waals surface area contributed by atoms with Crippen LogP contribution >= 0.6 is 0 Å². The molecule has 0 aromatic heterocycles. The fourth-order valence-corrected chi connectivity index (χ4v) is 2.91. The highest BCUT2D eigenvalue weighted by atomic mass is 16.6. The van der Waals surface area contributed by atoms with Crippen LogP contribution in [0.2, 0.25) is 0 Å². The number of nitrogens with zero attached hydrogens (tertiary/aromatic N) is 3. The van der Waals surface area contributed by atoms with Gasteiger partial charge in [0.05, 0.1) is 19.4 Å². The van der Waals surface area contributed by atoms with Gasteiger partial charge < -0.3 is 19.1 Å². The number of carbonyl (C=O) groups is 2. The summed E-state index contributed by atoms with van der Waals surface area (Å²) in [5.74, 6) is 0.858. The van der Waals surface area contributed by atoms with Gasteiger partial charge in [-0.3, -0.25) is 0 Å². The van der Waals surface area contributed by atoms with Crippen LogP contribution in [0.15, 0.2) is 47.6 Å². The first-order valence-corrected chi connectivity index (χ1v) is 10.4. The van der Waals surface area contributed by atoms with Crippen LogP contribution in [-0.2, 0) is 9.47 Å². The van der Waals surface area contributed by atoms with Gasteiger partial charge in [0.15, 0.2) is 0 Å². The van der Waals surface area contributed by atoms with Crippen LogP contribution < -0.4 is 4.74 Å². The molecule has 0 atom stereocenters. The van der Waals surface area contributed by atoms with E-state index in [0.717, 1.165) is 11.3 Å². The summed E-state index contributed by atoms with van der Waals surface area (Å²) in [4.78, 5) is 32.8. The molecular weight excluding hydrogens is 410 g/mol.